The molecule has 0 fully saturated rings. The Labute approximate surface area is 288 Å². The Morgan fingerprint density at radius 3 is 1.56 bits per heavy atom. The molecule has 0 bridgehead atoms. The van der Waals surface area contributed by atoms with Gasteiger partial charge in [0.25, 0.3) is 0 Å². The van der Waals surface area contributed by atoms with E-state index in [0.717, 1.165) is 18.2 Å². The van der Waals surface area contributed by atoms with E-state index in [1.165, 1.54) is 40.0 Å². The number of phenolic OH excluding ortho intramolecular Hbond substituents is 1. The number of carbonyl (C=O) groups is 5. The van der Waals surface area contributed by atoms with Gasteiger partial charge in [-0.1, -0.05) is 0 Å². The van der Waals surface area contributed by atoms with Gasteiger partial charge in [0.15, 0.2) is 5.78 Å². The highest BCUT2D eigenvalue weighted by atomic mass is 16.6. The highest BCUT2D eigenvalue weighted by Gasteiger charge is 2.48. The first-order chi connectivity index (χ1) is 23.3. The molecule has 0 saturated heterocycles. The van der Waals surface area contributed by atoms with Gasteiger partial charge >= 0.3 is 23.9 Å². The number of ether oxygens (including phenoxy) is 4. The fraction of sp³-hybridized carbons (Fsp3) is 0.289. The number of aryl methyl sites for hydroxylation is 2. The van der Waals surface area contributed by atoms with E-state index < -0.39 is 41.0 Å². The molecule has 4 rings (SSSR count). The normalized spacial score (nSPS) is 15.5. The van der Waals surface area contributed by atoms with E-state index in [9.17, 15) is 39.3 Å². The number of hydrogen-bond donors (Lipinski definition) is 3. The van der Waals surface area contributed by atoms with E-state index >= 15 is 0 Å². The number of carbonyl (C=O) groups excluding carboxylic acids is 4. The molecule has 262 valence electrons. The number of aliphatic hydroxyl groups is 1. The molecule has 1 atom stereocenters. The predicted molar refractivity (Wildman–Crippen MR) is 180 cm³/mol. The molecule has 0 heterocycles. The molecule has 12 nitrogen and oxygen atoms in total. The Bertz CT molecular complexity index is 2080. The van der Waals surface area contributed by atoms with Crippen LogP contribution in [0.25, 0.3) is 0 Å². The molecule has 0 aliphatic heterocycles. The lowest BCUT2D eigenvalue weighted by Gasteiger charge is -2.30. The Kier molecular flexibility index (Phi) is 10.1. The minimum Gasteiger partial charge on any atom is -0.507 e. The molecule has 0 spiro atoms. The summed E-state index contributed by atoms with van der Waals surface area (Å²) >= 11 is 0. The van der Waals surface area contributed by atoms with Crippen LogP contribution < -0.4 is 14.2 Å². The van der Waals surface area contributed by atoms with Gasteiger partial charge in [-0.05, 0) is 131 Å². The van der Waals surface area contributed by atoms with Crippen LogP contribution in [0.5, 0.6) is 23.0 Å². The predicted octanol–water partition coefficient (Wildman–Crippen LogP) is 5.69. The van der Waals surface area contributed by atoms with Crippen LogP contribution in [0.1, 0.15) is 82.5 Å². The molecule has 0 radical (unpaired) electrons. The first-order valence-electron chi connectivity index (χ1n) is 15.4. The Morgan fingerprint density at radius 2 is 1.06 bits per heavy atom. The lowest BCUT2D eigenvalue weighted by molar-refractivity contribution is -0.151. The Morgan fingerprint density at radius 1 is 0.620 bits per heavy atom. The van der Waals surface area contributed by atoms with Gasteiger partial charge in [-0.2, -0.15) is 0 Å². The summed E-state index contributed by atoms with van der Waals surface area (Å²) in [6, 6.07) is 4.04. The van der Waals surface area contributed by atoms with Crippen LogP contribution in [0, 0.1) is 55.4 Å². The van der Waals surface area contributed by atoms with Crippen molar-refractivity contribution < 1.29 is 58.2 Å². The van der Waals surface area contributed by atoms with Crippen molar-refractivity contribution in [3.8, 4) is 23.0 Å². The zero-order valence-electron chi connectivity index (χ0n) is 29.4. The number of allylic oxidation sites excluding steroid dienone is 2. The van der Waals surface area contributed by atoms with Crippen molar-refractivity contribution in [2.45, 2.75) is 67.9 Å². The van der Waals surface area contributed by atoms with Crippen molar-refractivity contribution >= 4 is 29.7 Å². The number of methoxy groups -OCH3 is 1. The van der Waals surface area contributed by atoms with E-state index in [4.69, 9.17) is 18.9 Å². The minimum absolute atomic E-state index is 0.0272. The van der Waals surface area contributed by atoms with Crippen molar-refractivity contribution in [2.75, 3.05) is 7.11 Å². The lowest BCUT2D eigenvalue weighted by atomic mass is 9.87. The molecule has 12 heteroatoms. The largest absolute Gasteiger partial charge is 0.507 e. The molecule has 1 aliphatic carbocycles. The zero-order chi connectivity index (χ0) is 37.6. The number of carboxylic acids is 1. The lowest BCUT2D eigenvalue weighted by Crippen LogP contribution is -2.47. The van der Waals surface area contributed by atoms with Crippen LogP contribution in [0.15, 0.2) is 41.7 Å². The first kappa shape index (κ1) is 37.1. The van der Waals surface area contributed by atoms with E-state index in [-0.39, 0.29) is 56.4 Å². The number of ketones is 1. The fourth-order valence-electron chi connectivity index (χ4n) is 5.91. The van der Waals surface area contributed by atoms with Crippen LogP contribution in [0.3, 0.4) is 0 Å². The van der Waals surface area contributed by atoms with Gasteiger partial charge in [-0.3, -0.25) is 4.79 Å². The average molecular weight is 687 g/mol. The number of hydrogen-bond acceptors (Lipinski definition) is 11. The summed E-state index contributed by atoms with van der Waals surface area (Å²) in [4.78, 5) is 63.7. The van der Waals surface area contributed by atoms with E-state index in [1.54, 1.807) is 41.5 Å². The molecule has 1 aliphatic rings. The number of carboxylic acid groups (broad SMARTS) is 1. The number of aromatic hydroxyl groups is 1. The van der Waals surface area contributed by atoms with Crippen LogP contribution in [0.4, 0.5) is 0 Å². The second kappa shape index (κ2) is 13.6. The summed E-state index contributed by atoms with van der Waals surface area (Å²) in [6.45, 7) is 14.3. The van der Waals surface area contributed by atoms with Gasteiger partial charge in [-0.15, -0.1) is 0 Å². The molecule has 0 unspecified atom stereocenters. The average Bonchev–Trinajstić information content (AvgIpc) is 3.02. The molecule has 0 aromatic heterocycles. The molecular weight excluding hydrogens is 648 g/mol. The second-order valence-corrected chi connectivity index (χ2v) is 12.3. The SMILES string of the molecule is COC1=CC(=O)C=C(C)[C@]1(O)C(=O)Oc1cc(O)c(C(=O)Oc2cc(C)c(C(=O)Oc3cc(C)c(C(=O)O)c(C)c3C)c(C)c2C)c(C)c1C. The second-order valence-electron chi connectivity index (χ2n) is 12.3. The molecule has 50 heavy (non-hydrogen) atoms. The maximum absolute atomic E-state index is 13.5. The van der Waals surface area contributed by atoms with Crippen LogP contribution in [-0.4, -0.2) is 57.7 Å². The third-order valence-corrected chi connectivity index (χ3v) is 9.23. The number of benzene rings is 3. The van der Waals surface area contributed by atoms with E-state index in [1.807, 2.05) is 0 Å². The van der Waals surface area contributed by atoms with Crippen LogP contribution >= 0.6 is 0 Å². The highest BCUT2D eigenvalue weighted by Crippen LogP contribution is 2.38. The van der Waals surface area contributed by atoms with Crippen molar-refractivity contribution in [3.63, 3.8) is 0 Å². The van der Waals surface area contributed by atoms with E-state index in [0.29, 0.717) is 33.4 Å². The summed E-state index contributed by atoms with van der Waals surface area (Å²) < 4.78 is 22.0. The summed E-state index contributed by atoms with van der Waals surface area (Å²) in [5.74, 6) is -5.06. The van der Waals surface area contributed by atoms with Gasteiger partial charge in [0.05, 0.1) is 18.2 Å². The quantitative estimate of drug-likeness (QED) is 0.195. The van der Waals surface area contributed by atoms with Crippen molar-refractivity contribution in [1.82, 2.24) is 0 Å². The third-order valence-electron chi connectivity index (χ3n) is 9.23. The van der Waals surface area contributed by atoms with Crippen molar-refractivity contribution in [1.29, 1.82) is 0 Å². The van der Waals surface area contributed by atoms with E-state index in [2.05, 4.69) is 0 Å². The van der Waals surface area contributed by atoms with Crippen molar-refractivity contribution in [2.24, 2.45) is 0 Å². The highest BCUT2D eigenvalue weighted by molar-refractivity contribution is 6.06. The van der Waals surface area contributed by atoms with Gasteiger partial charge < -0.3 is 34.3 Å². The maximum atomic E-state index is 13.5. The third kappa shape index (κ3) is 6.37. The zero-order valence-corrected chi connectivity index (χ0v) is 29.4. The first-order valence-corrected chi connectivity index (χ1v) is 15.4. The Balaban J connectivity index is 1.61. The Hall–Kier alpha value is -5.75. The van der Waals surface area contributed by atoms with Gasteiger partial charge in [0.2, 0.25) is 5.60 Å². The van der Waals surface area contributed by atoms with Crippen molar-refractivity contribution in [3.05, 3.63) is 103 Å². The fourth-order valence-corrected chi connectivity index (χ4v) is 5.91. The van der Waals surface area contributed by atoms with Crippen LogP contribution in [-0.2, 0) is 14.3 Å². The minimum atomic E-state index is -2.40. The number of aromatic carboxylic acids is 1. The van der Waals surface area contributed by atoms with Gasteiger partial charge in [0, 0.05) is 12.1 Å². The van der Waals surface area contributed by atoms with Gasteiger partial charge in [0.1, 0.15) is 34.3 Å². The number of esters is 3. The summed E-state index contributed by atoms with van der Waals surface area (Å²) in [5, 5.41) is 31.6. The standard InChI is InChI=1S/C38H38O12/c1-16-11-27(19(4)22(7)31(16)34(41)42)48-35(43)32-17(2)12-28(20(5)23(32)8)49-36(44)33-24(9)21(6)29(15-26(33)40)50-37(45)38(46)18(3)13-25(39)14-30(38)47-10/h11-15,40,46H,1-10H3,(H,41,42)/t38-/m1/s1. The molecule has 3 aromatic carbocycles. The maximum Gasteiger partial charge on any atom is 0.356 e. The number of phenols is 1. The molecule has 0 amide bonds. The molecule has 3 aromatic rings. The number of rotatable bonds is 8. The molecule has 0 saturated carbocycles. The molecular formula is C38H38O12. The summed E-state index contributed by atoms with van der Waals surface area (Å²) in [7, 11) is 1.19. The smallest absolute Gasteiger partial charge is 0.356 e. The topological polar surface area (TPSA) is 183 Å². The van der Waals surface area contributed by atoms with Crippen LogP contribution in [0.2, 0.25) is 0 Å². The summed E-state index contributed by atoms with van der Waals surface area (Å²) in [6.07, 6.45) is 2.04. The van der Waals surface area contributed by atoms with Gasteiger partial charge in [-0.25, -0.2) is 19.2 Å². The monoisotopic (exact) mass is 686 g/mol. The molecule has 3 N–H and O–H groups in total. The summed E-state index contributed by atoms with van der Waals surface area (Å²) in [5.41, 5.74) is 1.04.